The normalized spacial score (nSPS) is 13.1. The van der Waals surface area contributed by atoms with Crippen molar-refractivity contribution >= 4 is 5.91 Å². The third kappa shape index (κ3) is 4.48. The van der Waals surface area contributed by atoms with Crippen LogP contribution in [-0.4, -0.2) is 23.7 Å². The van der Waals surface area contributed by atoms with E-state index in [0.717, 1.165) is 6.07 Å². The Bertz CT molecular complexity index is 474. The highest BCUT2D eigenvalue weighted by Gasteiger charge is 2.34. The Morgan fingerprint density at radius 3 is 2.60 bits per heavy atom. The largest absolute Gasteiger partial charge is 0.419 e. The molecule has 3 nitrogen and oxygen atoms in total. The molecule has 0 aliphatic rings. The maximum Gasteiger partial charge on any atom is 0.419 e. The van der Waals surface area contributed by atoms with E-state index in [2.05, 4.69) is 5.32 Å². The standard InChI is InChI=1S/C13H15F4NO2/c1-2-3-9(19)7-18-12(20)8-4-5-11(14)10(6-8)13(15,16)17/h4-6,9,19H,2-3,7H2,1H3,(H,18,20). The molecular formula is C13H15F4NO2. The van der Waals surface area contributed by atoms with Crippen LogP contribution in [0.5, 0.6) is 0 Å². The van der Waals surface area contributed by atoms with E-state index in [-0.39, 0.29) is 12.1 Å². The van der Waals surface area contributed by atoms with E-state index in [1.165, 1.54) is 0 Å². The molecule has 7 heteroatoms. The van der Waals surface area contributed by atoms with Crippen molar-refractivity contribution in [3.05, 3.63) is 35.1 Å². The lowest BCUT2D eigenvalue weighted by Crippen LogP contribution is -2.32. The molecule has 1 atom stereocenters. The maximum absolute atomic E-state index is 13.1. The number of aliphatic hydroxyl groups is 1. The molecule has 1 amide bonds. The van der Waals surface area contributed by atoms with Crippen molar-refractivity contribution in [3.63, 3.8) is 0 Å². The lowest BCUT2D eigenvalue weighted by atomic mass is 10.1. The highest BCUT2D eigenvalue weighted by Crippen LogP contribution is 2.31. The van der Waals surface area contributed by atoms with Gasteiger partial charge in [-0.15, -0.1) is 0 Å². The van der Waals surface area contributed by atoms with Crippen LogP contribution in [0.4, 0.5) is 17.6 Å². The molecule has 0 aromatic heterocycles. The fraction of sp³-hybridized carbons (Fsp3) is 0.462. The van der Waals surface area contributed by atoms with Crippen LogP contribution in [0.2, 0.25) is 0 Å². The van der Waals surface area contributed by atoms with Gasteiger partial charge in [-0.05, 0) is 24.6 Å². The molecule has 112 valence electrons. The summed E-state index contributed by atoms with van der Waals surface area (Å²) in [6.07, 6.45) is -4.43. The lowest BCUT2D eigenvalue weighted by molar-refractivity contribution is -0.140. The predicted octanol–water partition coefficient (Wildman–Crippen LogP) is 2.74. The van der Waals surface area contributed by atoms with Crippen LogP contribution in [0.1, 0.15) is 35.7 Å². The highest BCUT2D eigenvalue weighted by atomic mass is 19.4. The van der Waals surface area contributed by atoms with Crippen molar-refractivity contribution in [1.29, 1.82) is 0 Å². The first-order valence-corrected chi connectivity index (χ1v) is 6.08. The Labute approximate surface area is 113 Å². The first-order valence-electron chi connectivity index (χ1n) is 6.08. The average molecular weight is 293 g/mol. The van der Waals surface area contributed by atoms with Crippen molar-refractivity contribution in [2.24, 2.45) is 0 Å². The first kappa shape index (κ1) is 16.4. The molecule has 0 saturated carbocycles. The van der Waals surface area contributed by atoms with E-state index >= 15 is 0 Å². The molecule has 0 bridgehead atoms. The molecule has 1 aromatic carbocycles. The molecule has 0 spiro atoms. The van der Waals surface area contributed by atoms with E-state index in [9.17, 15) is 27.5 Å². The summed E-state index contributed by atoms with van der Waals surface area (Å²) in [5.41, 5.74) is -1.79. The monoisotopic (exact) mass is 293 g/mol. The van der Waals surface area contributed by atoms with Gasteiger partial charge in [0.2, 0.25) is 0 Å². The van der Waals surface area contributed by atoms with Gasteiger partial charge in [0.15, 0.2) is 0 Å². The number of rotatable bonds is 5. The van der Waals surface area contributed by atoms with Crippen LogP contribution in [0.25, 0.3) is 0 Å². The molecule has 0 saturated heterocycles. The van der Waals surface area contributed by atoms with Gasteiger partial charge in [0.05, 0.1) is 11.7 Å². The van der Waals surface area contributed by atoms with Crippen LogP contribution in [-0.2, 0) is 6.18 Å². The van der Waals surface area contributed by atoms with Crippen molar-refractivity contribution in [3.8, 4) is 0 Å². The first-order chi connectivity index (χ1) is 9.25. The molecule has 1 rings (SSSR count). The zero-order valence-corrected chi connectivity index (χ0v) is 10.8. The van der Waals surface area contributed by atoms with Crippen molar-refractivity contribution in [2.45, 2.75) is 32.0 Å². The Morgan fingerprint density at radius 2 is 2.05 bits per heavy atom. The number of nitrogens with one attached hydrogen (secondary N) is 1. The van der Waals surface area contributed by atoms with E-state index < -0.39 is 29.6 Å². The minimum Gasteiger partial charge on any atom is -0.391 e. The molecule has 20 heavy (non-hydrogen) atoms. The van der Waals surface area contributed by atoms with Crippen molar-refractivity contribution < 1.29 is 27.5 Å². The van der Waals surface area contributed by atoms with Gasteiger partial charge < -0.3 is 10.4 Å². The van der Waals surface area contributed by atoms with Crippen LogP contribution < -0.4 is 5.32 Å². The van der Waals surface area contributed by atoms with Crippen LogP contribution >= 0.6 is 0 Å². The second-order valence-corrected chi connectivity index (χ2v) is 4.34. The van der Waals surface area contributed by atoms with Gasteiger partial charge in [-0.2, -0.15) is 13.2 Å². The third-order valence-electron chi connectivity index (χ3n) is 2.65. The number of carbonyl (C=O) groups excluding carboxylic acids is 1. The van der Waals surface area contributed by atoms with Crippen molar-refractivity contribution in [1.82, 2.24) is 5.32 Å². The van der Waals surface area contributed by atoms with E-state index in [1.54, 1.807) is 0 Å². The zero-order valence-electron chi connectivity index (χ0n) is 10.8. The van der Waals surface area contributed by atoms with Gasteiger partial charge in [0.1, 0.15) is 5.82 Å². The molecule has 1 aromatic rings. The van der Waals surface area contributed by atoms with E-state index in [1.807, 2.05) is 6.92 Å². The van der Waals surface area contributed by atoms with Crippen LogP contribution in [0, 0.1) is 5.82 Å². The summed E-state index contributed by atoms with van der Waals surface area (Å²) in [4.78, 5) is 11.6. The molecular weight excluding hydrogens is 278 g/mol. The summed E-state index contributed by atoms with van der Waals surface area (Å²) >= 11 is 0. The SMILES string of the molecule is CCCC(O)CNC(=O)c1ccc(F)c(C(F)(F)F)c1. The van der Waals surface area contributed by atoms with Gasteiger partial charge >= 0.3 is 6.18 Å². The van der Waals surface area contributed by atoms with Crippen LogP contribution in [0.3, 0.4) is 0 Å². The number of amides is 1. The molecule has 0 aliphatic carbocycles. The predicted molar refractivity (Wildman–Crippen MR) is 64.7 cm³/mol. The highest BCUT2D eigenvalue weighted by molar-refractivity contribution is 5.94. The molecule has 0 fully saturated rings. The maximum atomic E-state index is 13.1. The summed E-state index contributed by atoms with van der Waals surface area (Å²) in [6, 6.07) is 2.02. The van der Waals surface area contributed by atoms with E-state index in [0.29, 0.717) is 25.0 Å². The number of hydrogen-bond donors (Lipinski definition) is 2. The summed E-state index contributed by atoms with van der Waals surface area (Å²) in [5.74, 6) is -2.22. The summed E-state index contributed by atoms with van der Waals surface area (Å²) < 4.78 is 50.5. The zero-order chi connectivity index (χ0) is 15.3. The van der Waals surface area contributed by atoms with E-state index in [4.69, 9.17) is 0 Å². The van der Waals surface area contributed by atoms with Crippen molar-refractivity contribution in [2.75, 3.05) is 6.54 Å². The minimum absolute atomic E-state index is 0.0641. The molecule has 1 unspecified atom stereocenters. The summed E-state index contributed by atoms with van der Waals surface area (Å²) in [5, 5.41) is 11.7. The van der Waals surface area contributed by atoms with Gasteiger partial charge in [0.25, 0.3) is 5.91 Å². The second-order valence-electron chi connectivity index (χ2n) is 4.34. The smallest absolute Gasteiger partial charge is 0.391 e. The molecule has 0 heterocycles. The van der Waals surface area contributed by atoms with Gasteiger partial charge in [-0.25, -0.2) is 4.39 Å². The van der Waals surface area contributed by atoms with Gasteiger partial charge in [-0.3, -0.25) is 4.79 Å². The quantitative estimate of drug-likeness (QED) is 0.820. The molecule has 0 aliphatic heterocycles. The number of hydrogen-bond acceptors (Lipinski definition) is 2. The summed E-state index contributed by atoms with van der Waals surface area (Å²) in [6.45, 7) is 1.78. The Balaban J connectivity index is 2.79. The van der Waals surface area contributed by atoms with Crippen LogP contribution in [0.15, 0.2) is 18.2 Å². The Morgan fingerprint density at radius 1 is 1.40 bits per heavy atom. The second kappa shape index (κ2) is 6.69. The topological polar surface area (TPSA) is 49.3 Å². The minimum atomic E-state index is -4.86. The molecule has 2 N–H and O–H groups in total. The average Bonchev–Trinajstić information content (AvgIpc) is 2.35. The number of alkyl halides is 3. The van der Waals surface area contributed by atoms with Gasteiger partial charge in [-0.1, -0.05) is 13.3 Å². The number of halogens is 4. The molecule has 0 radical (unpaired) electrons. The number of aliphatic hydroxyl groups excluding tert-OH is 1. The Kier molecular flexibility index (Phi) is 5.50. The van der Waals surface area contributed by atoms with Gasteiger partial charge in [0, 0.05) is 12.1 Å². The fourth-order valence-corrected chi connectivity index (χ4v) is 1.63. The Hall–Kier alpha value is -1.63. The number of carbonyl (C=O) groups is 1. The lowest BCUT2D eigenvalue weighted by Gasteiger charge is -2.12. The summed E-state index contributed by atoms with van der Waals surface area (Å²) in [7, 11) is 0. The third-order valence-corrected chi connectivity index (χ3v) is 2.65. The number of benzene rings is 1. The fourth-order valence-electron chi connectivity index (χ4n) is 1.63.